The average Bonchev–Trinajstić information content (AvgIpc) is 2.88. The van der Waals surface area contributed by atoms with Crippen molar-refractivity contribution in [2.45, 2.75) is 38.5 Å². The molecule has 0 bridgehead atoms. The SMILES string of the molecule is NCCCC(=O)CCN(CCC(=O)NCCN)CCN(CCC(=O)NCCN)CCC(=O)NCCN. The van der Waals surface area contributed by atoms with Crippen molar-refractivity contribution in [3.63, 3.8) is 0 Å². The molecule has 0 aliphatic heterocycles. The molecule has 210 valence electrons. The number of ketones is 1. The van der Waals surface area contributed by atoms with Crippen LogP contribution in [-0.4, -0.2) is 118 Å². The van der Waals surface area contributed by atoms with E-state index in [1.807, 2.05) is 4.90 Å². The maximum Gasteiger partial charge on any atom is 0.221 e. The van der Waals surface area contributed by atoms with Crippen LogP contribution in [0.3, 0.4) is 0 Å². The molecule has 36 heavy (non-hydrogen) atoms. The van der Waals surface area contributed by atoms with Crippen LogP contribution in [-0.2, 0) is 19.2 Å². The maximum atomic E-state index is 12.2. The highest BCUT2D eigenvalue weighted by molar-refractivity contribution is 5.78. The molecule has 11 N–H and O–H groups in total. The lowest BCUT2D eigenvalue weighted by Crippen LogP contribution is -2.41. The summed E-state index contributed by atoms with van der Waals surface area (Å²) in [4.78, 5) is 52.4. The third-order valence-electron chi connectivity index (χ3n) is 5.46. The zero-order valence-corrected chi connectivity index (χ0v) is 21.8. The minimum atomic E-state index is -0.100. The molecule has 13 nitrogen and oxygen atoms in total. The Kier molecular flexibility index (Phi) is 21.9. The van der Waals surface area contributed by atoms with Crippen LogP contribution in [0.1, 0.15) is 38.5 Å². The van der Waals surface area contributed by atoms with Crippen LogP contribution in [0.5, 0.6) is 0 Å². The van der Waals surface area contributed by atoms with Crippen molar-refractivity contribution in [1.82, 2.24) is 25.8 Å². The molecule has 0 aliphatic carbocycles. The van der Waals surface area contributed by atoms with Crippen LogP contribution in [0, 0.1) is 0 Å². The monoisotopic (exact) mass is 515 g/mol. The van der Waals surface area contributed by atoms with Crippen LogP contribution in [0.25, 0.3) is 0 Å². The van der Waals surface area contributed by atoms with E-state index in [2.05, 4.69) is 20.9 Å². The predicted octanol–water partition coefficient (Wildman–Crippen LogP) is -3.32. The second-order valence-corrected chi connectivity index (χ2v) is 8.53. The van der Waals surface area contributed by atoms with E-state index >= 15 is 0 Å². The van der Waals surface area contributed by atoms with Crippen molar-refractivity contribution in [2.75, 3.05) is 85.1 Å². The van der Waals surface area contributed by atoms with Crippen LogP contribution < -0.4 is 38.9 Å². The summed E-state index contributed by atoms with van der Waals surface area (Å²) in [6.07, 6.45) is 2.34. The maximum absolute atomic E-state index is 12.2. The molecule has 0 fully saturated rings. The van der Waals surface area contributed by atoms with Gasteiger partial charge in [0.15, 0.2) is 0 Å². The summed E-state index contributed by atoms with van der Waals surface area (Å²) >= 11 is 0. The molecule has 13 heteroatoms. The van der Waals surface area contributed by atoms with Gasteiger partial charge in [-0.25, -0.2) is 0 Å². The highest BCUT2D eigenvalue weighted by Crippen LogP contribution is 2.02. The Morgan fingerprint density at radius 3 is 1.17 bits per heavy atom. The van der Waals surface area contributed by atoms with Gasteiger partial charge in [-0.15, -0.1) is 0 Å². The second kappa shape index (κ2) is 23.3. The van der Waals surface area contributed by atoms with Gasteiger partial charge in [0.25, 0.3) is 0 Å². The van der Waals surface area contributed by atoms with Crippen molar-refractivity contribution in [1.29, 1.82) is 0 Å². The first-order valence-electron chi connectivity index (χ1n) is 12.9. The number of amides is 3. The van der Waals surface area contributed by atoms with Crippen molar-refractivity contribution >= 4 is 23.5 Å². The molecule has 0 rings (SSSR count). The summed E-state index contributed by atoms with van der Waals surface area (Å²) in [6.45, 7) is 5.96. The fourth-order valence-electron chi connectivity index (χ4n) is 3.34. The van der Waals surface area contributed by atoms with Gasteiger partial charge in [0.1, 0.15) is 5.78 Å². The number of nitrogens with one attached hydrogen (secondary N) is 3. The summed E-state index contributed by atoms with van der Waals surface area (Å²) < 4.78 is 0. The van der Waals surface area contributed by atoms with E-state index in [0.29, 0.717) is 111 Å². The van der Waals surface area contributed by atoms with Crippen LogP contribution in [0.4, 0.5) is 0 Å². The third-order valence-corrected chi connectivity index (χ3v) is 5.46. The van der Waals surface area contributed by atoms with Crippen molar-refractivity contribution in [2.24, 2.45) is 22.9 Å². The van der Waals surface area contributed by atoms with Crippen LogP contribution in [0.15, 0.2) is 0 Å². The zero-order chi connectivity index (χ0) is 27.0. The van der Waals surface area contributed by atoms with E-state index in [0.717, 1.165) is 0 Å². The topological polar surface area (TPSA) is 215 Å². The Balaban J connectivity index is 5.00. The minimum Gasteiger partial charge on any atom is -0.355 e. The zero-order valence-electron chi connectivity index (χ0n) is 21.8. The molecular weight excluding hydrogens is 466 g/mol. The predicted molar refractivity (Wildman–Crippen MR) is 141 cm³/mol. The first-order chi connectivity index (χ1) is 17.4. The van der Waals surface area contributed by atoms with E-state index in [9.17, 15) is 19.2 Å². The van der Waals surface area contributed by atoms with Crippen LogP contribution >= 0.6 is 0 Å². The lowest BCUT2D eigenvalue weighted by molar-refractivity contribution is -0.123. The summed E-state index contributed by atoms with van der Waals surface area (Å²) in [5.41, 5.74) is 21.8. The number of carbonyl (C=O) groups is 4. The molecule has 0 aromatic carbocycles. The van der Waals surface area contributed by atoms with Gasteiger partial charge in [0.2, 0.25) is 17.7 Å². The molecule has 0 spiro atoms. The van der Waals surface area contributed by atoms with Gasteiger partial charge in [0, 0.05) is 111 Å². The summed E-state index contributed by atoms with van der Waals surface area (Å²) in [5.74, 6) is -0.151. The van der Waals surface area contributed by atoms with Crippen LogP contribution in [0.2, 0.25) is 0 Å². The van der Waals surface area contributed by atoms with Gasteiger partial charge < -0.3 is 48.7 Å². The fourth-order valence-corrected chi connectivity index (χ4v) is 3.34. The molecule has 3 amide bonds. The van der Waals surface area contributed by atoms with E-state index < -0.39 is 0 Å². The smallest absolute Gasteiger partial charge is 0.221 e. The molecule has 0 saturated carbocycles. The molecule has 0 radical (unpaired) electrons. The van der Waals surface area contributed by atoms with Gasteiger partial charge in [0.05, 0.1) is 0 Å². The van der Waals surface area contributed by atoms with Gasteiger partial charge in [-0.1, -0.05) is 0 Å². The number of hydrogen-bond donors (Lipinski definition) is 7. The van der Waals surface area contributed by atoms with Crippen molar-refractivity contribution in [3.05, 3.63) is 0 Å². The molecule has 0 aromatic rings. The summed E-state index contributed by atoms with van der Waals surface area (Å²) in [7, 11) is 0. The number of nitrogens with zero attached hydrogens (tertiary/aromatic N) is 2. The quantitative estimate of drug-likeness (QED) is 0.0679. The van der Waals surface area contributed by atoms with E-state index in [-0.39, 0.29) is 36.3 Å². The number of Topliss-reactive ketones (excluding diaryl/α,β-unsaturated/α-hetero) is 1. The Bertz CT molecular complexity index is 522. The number of nitrogens with two attached hydrogens (primary N) is 4. The lowest BCUT2D eigenvalue weighted by atomic mass is 10.1. The minimum absolute atomic E-state index is 0.0927. The lowest BCUT2D eigenvalue weighted by Gasteiger charge is -2.27. The molecule has 0 unspecified atom stereocenters. The fraction of sp³-hybridized carbons (Fsp3) is 0.826. The second-order valence-electron chi connectivity index (χ2n) is 8.53. The van der Waals surface area contributed by atoms with Gasteiger partial charge >= 0.3 is 0 Å². The molecule has 0 saturated heterocycles. The largest absolute Gasteiger partial charge is 0.355 e. The number of hydrogen-bond acceptors (Lipinski definition) is 10. The number of rotatable bonds is 24. The van der Waals surface area contributed by atoms with Gasteiger partial charge in [-0.2, -0.15) is 0 Å². The van der Waals surface area contributed by atoms with Gasteiger partial charge in [-0.05, 0) is 13.0 Å². The normalized spacial score (nSPS) is 11.1. The highest BCUT2D eigenvalue weighted by Gasteiger charge is 2.15. The molecule has 0 atom stereocenters. The molecule has 0 aliphatic rings. The summed E-state index contributed by atoms with van der Waals surface area (Å²) in [5, 5.41) is 8.26. The Labute approximate surface area is 215 Å². The third kappa shape index (κ3) is 20.1. The highest BCUT2D eigenvalue weighted by atomic mass is 16.2. The Morgan fingerprint density at radius 1 is 0.472 bits per heavy atom. The first-order valence-corrected chi connectivity index (χ1v) is 12.9. The first kappa shape index (κ1) is 33.8. The van der Waals surface area contributed by atoms with E-state index in [1.54, 1.807) is 0 Å². The Hall–Kier alpha value is -2.16. The standard InChI is InChI=1S/C23H49N9O4/c24-7-1-2-20(33)3-14-31(15-4-21(34)28-11-8-25)18-19-32(16-5-22(35)29-12-9-26)17-6-23(36)30-13-10-27/h1-19,24-27H2,(H,28,34)(H,29,35)(H,30,36). The molecular formula is C23H49N9O4. The van der Waals surface area contributed by atoms with Crippen molar-refractivity contribution in [3.8, 4) is 0 Å². The van der Waals surface area contributed by atoms with Crippen molar-refractivity contribution < 1.29 is 19.2 Å². The average molecular weight is 516 g/mol. The number of carbonyl (C=O) groups excluding carboxylic acids is 4. The molecule has 0 aromatic heterocycles. The van der Waals surface area contributed by atoms with E-state index in [1.165, 1.54) is 0 Å². The van der Waals surface area contributed by atoms with E-state index in [4.69, 9.17) is 22.9 Å². The van der Waals surface area contributed by atoms with Gasteiger partial charge in [-0.3, -0.25) is 19.2 Å². The Morgan fingerprint density at radius 2 is 0.833 bits per heavy atom. The molecule has 0 heterocycles. The summed E-state index contributed by atoms with van der Waals surface area (Å²) in [6, 6.07) is 0.